The average Bonchev–Trinajstić information content (AvgIpc) is 3.20. The molecule has 34 heavy (non-hydrogen) atoms. The summed E-state index contributed by atoms with van der Waals surface area (Å²) >= 11 is 0. The first-order valence-electron chi connectivity index (χ1n) is 11.1. The molecule has 0 aliphatic carbocycles. The van der Waals surface area contributed by atoms with E-state index in [0.29, 0.717) is 28.9 Å². The molecule has 2 aromatic carbocycles. The first kappa shape index (κ1) is 22.0. The minimum Gasteiger partial charge on any atom is -0.493 e. The van der Waals surface area contributed by atoms with Crippen LogP contribution >= 0.6 is 0 Å². The maximum atomic E-state index is 13.5. The van der Waals surface area contributed by atoms with Crippen LogP contribution in [-0.4, -0.2) is 34.0 Å². The van der Waals surface area contributed by atoms with E-state index in [1.54, 1.807) is 25.8 Å². The molecule has 0 bridgehead atoms. The molecule has 0 spiro atoms. The van der Waals surface area contributed by atoms with Gasteiger partial charge >= 0.3 is 5.69 Å². The van der Waals surface area contributed by atoms with Crippen molar-refractivity contribution in [2.75, 3.05) is 14.2 Å². The van der Waals surface area contributed by atoms with Crippen LogP contribution in [0.3, 0.4) is 0 Å². The molecule has 0 saturated carbocycles. The van der Waals surface area contributed by atoms with E-state index in [1.165, 1.54) is 7.05 Å². The molecule has 0 unspecified atom stereocenters. The lowest BCUT2D eigenvalue weighted by Crippen LogP contribution is -2.37. The molecule has 8 nitrogen and oxygen atoms in total. The van der Waals surface area contributed by atoms with Crippen LogP contribution < -0.4 is 20.7 Å². The molecule has 0 fully saturated rings. The van der Waals surface area contributed by atoms with Crippen LogP contribution in [0.5, 0.6) is 11.5 Å². The van der Waals surface area contributed by atoms with Gasteiger partial charge in [0.25, 0.3) is 5.56 Å². The van der Waals surface area contributed by atoms with Crippen molar-refractivity contribution in [2.24, 2.45) is 14.1 Å². The highest BCUT2D eigenvalue weighted by Crippen LogP contribution is 2.43. The lowest BCUT2D eigenvalue weighted by Gasteiger charge is -2.32. The monoisotopic (exact) mass is 461 g/mol. The van der Waals surface area contributed by atoms with Crippen molar-refractivity contribution in [3.8, 4) is 22.8 Å². The molecule has 3 heterocycles. The van der Waals surface area contributed by atoms with Crippen LogP contribution in [0.4, 0.5) is 0 Å². The van der Waals surface area contributed by atoms with Gasteiger partial charge in [0.05, 0.1) is 42.6 Å². The standard InChI is InChI=1S/C26H27N3O5/c1-15-14-29-21(16-9-7-6-8-10-16)20-22(27(2)26(31)28(3)25(20)30)23(29)24(34-15)17-11-12-18(32-4)19(13-17)33-5/h6-13,15,24H,14H2,1-5H3/t15-,24+/m0/s1. The van der Waals surface area contributed by atoms with Gasteiger partial charge in [-0.2, -0.15) is 0 Å². The van der Waals surface area contributed by atoms with Gasteiger partial charge in [-0.3, -0.25) is 13.9 Å². The largest absolute Gasteiger partial charge is 0.493 e. The zero-order valence-electron chi connectivity index (χ0n) is 19.9. The minimum absolute atomic E-state index is 0.129. The number of methoxy groups -OCH3 is 2. The Kier molecular flexibility index (Phi) is 5.32. The van der Waals surface area contributed by atoms with E-state index in [1.807, 2.05) is 55.5 Å². The van der Waals surface area contributed by atoms with Gasteiger partial charge in [0.15, 0.2) is 11.5 Å². The van der Waals surface area contributed by atoms with Crippen molar-refractivity contribution in [2.45, 2.75) is 25.7 Å². The Balaban J connectivity index is 1.91. The van der Waals surface area contributed by atoms with Crippen LogP contribution in [0.15, 0.2) is 58.1 Å². The fourth-order valence-electron chi connectivity index (χ4n) is 4.94. The number of hydrogen-bond donors (Lipinski definition) is 0. The molecule has 0 radical (unpaired) electrons. The summed E-state index contributed by atoms with van der Waals surface area (Å²) in [4.78, 5) is 26.4. The van der Waals surface area contributed by atoms with E-state index in [0.717, 1.165) is 27.1 Å². The summed E-state index contributed by atoms with van der Waals surface area (Å²) < 4.78 is 22.2. The molecular formula is C26H27N3O5. The number of rotatable bonds is 4. The number of aryl methyl sites for hydroxylation is 1. The van der Waals surface area contributed by atoms with Gasteiger partial charge in [0.2, 0.25) is 0 Å². The Morgan fingerprint density at radius 3 is 2.32 bits per heavy atom. The van der Waals surface area contributed by atoms with Crippen molar-refractivity contribution in [3.63, 3.8) is 0 Å². The van der Waals surface area contributed by atoms with E-state index in [-0.39, 0.29) is 17.4 Å². The molecule has 0 amide bonds. The number of nitrogens with zero attached hydrogens (tertiary/aromatic N) is 3. The fourth-order valence-corrected chi connectivity index (χ4v) is 4.94. The average molecular weight is 462 g/mol. The lowest BCUT2D eigenvalue weighted by molar-refractivity contribution is -0.0143. The van der Waals surface area contributed by atoms with Crippen molar-refractivity contribution >= 4 is 10.9 Å². The van der Waals surface area contributed by atoms with E-state index in [2.05, 4.69) is 4.57 Å². The van der Waals surface area contributed by atoms with E-state index in [4.69, 9.17) is 14.2 Å². The van der Waals surface area contributed by atoms with Gasteiger partial charge < -0.3 is 18.8 Å². The number of aromatic nitrogens is 3. The SMILES string of the molecule is COc1ccc([C@H]2O[C@@H](C)Cn3c(-c4ccccc4)c4c(=O)n(C)c(=O)n(C)c4c32)cc1OC. The Morgan fingerprint density at radius 1 is 0.941 bits per heavy atom. The molecule has 5 rings (SSSR count). The summed E-state index contributed by atoms with van der Waals surface area (Å²) in [5, 5.41) is 0.508. The molecule has 2 aromatic heterocycles. The van der Waals surface area contributed by atoms with Crippen molar-refractivity contribution in [3.05, 3.63) is 80.6 Å². The molecule has 8 heteroatoms. The topological polar surface area (TPSA) is 76.6 Å². The third kappa shape index (κ3) is 3.17. The second-order valence-electron chi connectivity index (χ2n) is 8.58. The van der Waals surface area contributed by atoms with Crippen LogP contribution in [0, 0.1) is 0 Å². The third-order valence-electron chi connectivity index (χ3n) is 6.52. The van der Waals surface area contributed by atoms with Crippen LogP contribution in [-0.2, 0) is 25.4 Å². The van der Waals surface area contributed by atoms with Gasteiger partial charge in [0, 0.05) is 20.6 Å². The van der Waals surface area contributed by atoms with Gasteiger partial charge in [-0.25, -0.2) is 4.79 Å². The maximum absolute atomic E-state index is 13.5. The zero-order valence-corrected chi connectivity index (χ0v) is 19.9. The van der Waals surface area contributed by atoms with E-state index in [9.17, 15) is 9.59 Å². The minimum atomic E-state index is -0.513. The van der Waals surface area contributed by atoms with Crippen LogP contribution in [0.1, 0.15) is 24.3 Å². The predicted molar refractivity (Wildman–Crippen MR) is 130 cm³/mol. The molecule has 1 aliphatic heterocycles. The second-order valence-corrected chi connectivity index (χ2v) is 8.58. The first-order chi connectivity index (χ1) is 16.4. The third-order valence-corrected chi connectivity index (χ3v) is 6.52. The first-order valence-corrected chi connectivity index (χ1v) is 11.1. The quantitative estimate of drug-likeness (QED) is 0.466. The maximum Gasteiger partial charge on any atom is 0.331 e. The Bertz CT molecular complexity index is 1510. The summed E-state index contributed by atoms with van der Waals surface area (Å²) in [6, 6.07) is 15.4. The highest BCUT2D eigenvalue weighted by atomic mass is 16.5. The molecule has 4 aromatic rings. The molecule has 2 atom stereocenters. The summed E-state index contributed by atoms with van der Waals surface area (Å²) in [5.74, 6) is 1.19. The Morgan fingerprint density at radius 2 is 1.65 bits per heavy atom. The molecule has 0 saturated heterocycles. The fraction of sp³-hybridized carbons (Fsp3) is 0.308. The lowest BCUT2D eigenvalue weighted by atomic mass is 10.0. The van der Waals surface area contributed by atoms with Gasteiger partial charge in [0.1, 0.15) is 6.10 Å². The van der Waals surface area contributed by atoms with E-state index >= 15 is 0 Å². The zero-order chi connectivity index (χ0) is 24.1. The number of benzene rings is 2. The summed E-state index contributed by atoms with van der Waals surface area (Å²) in [6.07, 6.45) is -0.642. The molecule has 176 valence electrons. The number of ether oxygens (including phenoxy) is 3. The molecule has 0 N–H and O–H groups in total. The molecular weight excluding hydrogens is 434 g/mol. The predicted octanol–water partition coefficient (Wildman–Crippen LogP) is 3.23. The summed E-state index contributed by atoms with van der Waals surface area (Å²) in [5.41, 5.74) is 3.21. The van der Waals surface area contributed by atoms with Crippen molar-refractivity contribution in [1.29, 1.82) is 0 Å². The van der Waals surface area contributed by atoms with Gasteiger partial charge in [-0.1, -0.05) is 36.4 Å². The van der Waals surface area contributed by atoms with Crippen molar-refractivity contribution < 1.29 is 14.2 Å². The van der Waals surface area contributed by atoms with Crippen LogP contribution in [0.2, 0.25) is 0 Å². The van der Waals surface area contributed by atoms with Crippen LogP contribution in [0.25, 0.3) is 22.2 Å². The van der Waals surface area contributed by atoms with Gasteiger partial charge in [-0.05, 0) is 30.2 Å². The highest BCUT2D eigenvalue weighted by Gasteiger charge is 2.35. The van der Waals surface area contributed by atoms with Crippen molar-refractivity contribution in [1.82, 2.24) is 13.7 Å². The Hall–Kier alpha value is -3.78. The summed E-state index contributed by atoms with van der Waals surface area (Å²) in [7, 11) is 6.39. The van der Waals surface area contributed by atoms with E-state index < -0.39 is 6.10 Å². The summed E-state index contributed by atoms with van der Waals surface area (Å²) in [6.45, 7) is 2.56. The smallest absolute Gasteiger partial charge is 0.331 e. The number of fused-ring (bicyclic) bond motifs is 3. The second kappa shape index (κ2) is 8.22. The number of hydrogen-bond acceptors (Lipinski definition) is 5. The highest BCUT2D eigenvalue weighted by molar-refractivity contribution is 5.96. The molecule has 1 aliphatic rings. The van der Waals surface area contributed by atoms with Gasteiger partial charge in [-0.15, -0.1) is 0 Å². The normalized spacial score (nSPS) is 17.6. The Labute approximate surface area is 196 Å².